The number of aliphatic imine (C=N–C) groups is 1. The van der Waals surface area contributed by atoms with Gasteiger partial charge in [-0.15, -0.1) is 11.3 Å². The molecule has 1 unspecified atom stereocenters. The first-order valence-corrected chi connectivity index (χ1v) is 8.24. The van der Waals surface area contributed by atoms with Crippen LogP contribution in [0.4, 0.5) is 0 Å². The summed E-state index contributed by atoms with van der Waals surface area (Å²) in [6.07, 6.45) is 0. The van der Waals surface area contributed by atoms with Crippen LogP contribution in [-0.2, 0) is 6.54 Å². The van der Waals surface area contributed by atoms with Crippen LogP contribution < -0.4 is 5.73 Å². The molecule has 3 rings (SSSR count). The van der Waals surface area contributed by atoms with Crippen molar-refractivity contribution in [2.45, 2.75) is 12.6 Å². The van der Waals surface area contributed by atoms with E-state index in [1.54, 1.807) is 11.3 Å². The summed E-state index contributed by atoms with van der Waals surface area (Å²) in [5, 5.41) is 2.81. The number of halogens is 2. The fraction of sp³-hybridized carbons (Fsp3) is 0.214. The number of nitrogens with zero attached hydrogens (tertiary/aromatic N) is 2. The van der Waals surface area contributed by atoms with Gasteiger partial charge in [0.05, 0.1) is 19.1 Å². The summed E-state index contributed by atoms with van der Waals surface area (Å²) in [6.45, 7) is 1.42. The van der Waals surface area contributed by atoms with Gasteiger partial charge in [-0.3, -0.25) is 4.99 Å². The number of rotatable bonds is 3. The van der Waals surface area contributed by atoms with Crippen molar-refractivity contribution in [3.63, 3.8) is 0 Å². The van der Waals surface area contributed by atoms with Gasteiger partial charge in [0.1, 0.15) is 0 Å². The Bertz CT molecular complexity index is 642. The molecule has 2 N–H and O–H groups in total. The molecule has 2 heterocycles. The SMILES string of the molecule is NC1=NCC(c2ccc(Br)cc2Cl)N1Cc1cccs1. The quantitative estimate of drug-likeness (QED) is 0.886. The van der Waals surface area contributed by atoms with E-state index in [0.717, 1.165) is 21.6 Å². The molecule has 1 aliphatic rings. The van der Waals surface area contributed by atoms with Crippen molar-refractivity contribution in [3.05, 3.63) is 55.6 Å². The Balaban J connectivity index is 1.88. The van der Waals surface area contributed by atoms with Crippen LogP contribution >= 0.6 is 38.9 Å². The summed E-state index contributed by atoms with van der Waals surface area (Å²) >= 11 is 11.5. The average molecular weight is 371 g/mol. The molecular formula is C14H13BrClN3S. The van der Waals surface area contributed by atoms with E-state index in [9.17, 15) is 0 Å². The van der Waals surface area contributed by atoms with Crippen LogP contribution in [0.25, 0.3) is 0 Å². The molecule has 1 atom stereocenters. The molecule has 104 valence electrons. The molecule has 0 saturated heterocycles. The molecule has 0 fully saturated rings. The van der Waals surface area contributed by atoms with E-state index in [1.165, 1.54) is 4.88 Å². The van der Waals surface area contributed by atoms with E-state index in [1.807, 2.05) is 24.3 Å². The lowest BCUT2D eigenvalue weighted by Gasteiger charge is -2.26. The Kier molecular flexibility index (Phi) is 4.01. The van der Waals surface area contributed by atoms with E-state index in [4.69, 9.17) is 17.3 Å². The van der Waals surface area contributed by atoms with Gasteiger partial charge >= 0.3 is 0 Å². The van der Waals surface area contributed by atoms with Crippen LogP contribution in [0.5, 0.6) is 0 Å². The van der Waals surface area contributed by atoms with Gasteiger partial charge in [0.25, 0.3) is 0 Å². The monoisotopic (exact) mass is 369 g/mol. The Morgan fingerprint density at radius 1 is 1.45 bits per heavy atom. The van der Waals surface area contributed by atoms with Crippen LogP contribution in [-0.4, -0.2) is 17.4 Å². The lowest BCUT2D eigenvalue weighted by atomic mass is 10.1. The first-order chi connectivity index (χ1) is 9.65. The van der Waals surface area contributed by atoms with Gasteiger partial charge in [0.15, 0.2) is 5.96 Å². The molecule has 0 bridgehead atoms. The van der Waals surface area contributed by atoms with E-state index in [-0.39, 0.29) is 6.04 Å². The summed E-state index contributed by atoms with van der Waals surface area (Å²) in [5.41, 5.74) is 7.10. The number of nitrogens with two attached hydrogens (primary N) is 1. The van der Waals surface area contributed by atoms with Crippen LogP contribution in [0.1, 0.15) is 16.5 Å². The van der Waals surface area contributed by atoms with Crippen LogP contribution in [0, 0.1) is 0 Å². The second kappa shape index (κ2) is 5.76. The van der Waals surface area contributed by atoms with Crippen molar-refractivity contribution in [2.24, 2.45) is 10.7 Å². The minimum atomic E-state index is 0.109. The van der Waals surface area contributed by atoms with Crippen molar-refractivity contribution in [1.82, 2.24) is 4.90 Å². The molecule has 0 saturated carbocycles. The summed E-state index contributed by atoms with van der Waals surface area (Å²) in [7, 11) is 0. The highest BCUT2D eigenvalue weighted by molar-refractivity contribution is 9.10. The van der Waals surface area contributed by atoms with E-state index >= 15 is 0 Å². The maximum atomic E-state index is 6.36. The second-order valence-corrected chi connectivity index (χ2v) is 6.94. The zero-order chi connectivity index (χ0) is 14.1. The number of thiophene rings is 1. The summed E-state index contributed by atoms with van der Waals surface area (Å²) in [6, 6.07) is 10.2. The van der Waals surface area contributed by atoms with Gasteiger partial charge in [0, 0.05) is 14.4 Å². The Hall–Kier alpha value is -1.04. The van der Waals surface area contributed by atoms with Crippen molar-refractivity contribution in [2.75, 3.05) is 6.54 Å². The first kappa shape index (κ1) is 13.9. The average Bonchev–Trinajstić information content (AvgIpc) is 3.03. The zero-order valence-electron chi connectivity index (χ0n) is 10.6. The topological polar surface area (TPSA) is 41.6 Å². The maximum Gasteiger partial charge on any atom is 0.192 e. The highest BCUT2D eigenvalue weighted by Crippen LogP contribution is 2.34. The Labute approximate surface area is 135 Å². The molecular weight excluding hydrogens is 358 g/mol. The fourth-order valence-corrected chi connectivity index (χ4v) is 3.83. The predicted molar refractivity (Wildman–Crippen MR) is 88.2 cm³/mol. The second-order valence-electron chi connectivity index (χ2n) is 4.59. The van der Waals surface area contributed by atoms with Gasteiger partial charge < -0.3 is 10.6 Å². The third-order valence-corrected chi connectivity index (χ3v) is 5.01. The minimum Gasteiger partial charge on any atom is -0.370 e. The lowest BCUT2D eigenvalue weighted by molar-refractivity contribution is 0.343. The van der Waals surface area contributed by atoms with Gasteiger partial charge in [0.2, 0.25) is 0 Å². The normalized spacial score (nSPS) is 18.4. The van der Waals surface area contributed by atoms with E-state index < -0.39 is 0 Å². The lowest BCUT2D eigenvalue weighted by Crippen LogP contribution is -2.35. The Morgan fingerprint density at radius 2 is 2.30 bits per heavy atom. The molecule has 0 amide bonds. The van der Waals surface area contributed by atoms with Crippen LogP contribution in [0.15, 0.2) is 45.2 Å². The molecule has 1 aromatic heterocycles. The number of hydrogen-bond acceptors (Lipinski definition) is 4. The molecule has 1 aliphatic heterocycles. The van der Waals surface area contributed by atoms with E-state index in [0.29, 0.717) is 12.5 Å². The van der Waals surface area contributed by atoms with Crippen LogP contribution in [0.3, 0.4) is 0 Å². The van der Waals surface area contributed by atoms with Crippen LogP contribution in [0.2, 0.25) is 5.02 Å². The molecule has 0 spiro atoms. The molecule has 1 aromatic carbocycles. The molecule has 2 aromatic rings. The standard InChI is InChI=1S/C14H13BrClN3S/c15-9-3-4-11(12(16)6-9)13-7-18-14(17)19(13)8-10-2-1-5-20-10/h1-6,13H,7-8H2,(H2,17,18). The van der Waals surface area contributed by atoms with E-state index in [2.05, 4.69) is 37.3 Å². The molecule has 3 nitrogen and oxygen atoms in total. The Morgan fingerprint density at radius 3 is 3.00 bits per heavy atom. The van der Waals surface area contributed by atoms with Crippen molar-refractivity contribution < 1.29 is 0 Å². The molecule has 6 heteroatoms. The van der Waals surface area contributed by atoms with Gasteiger partial charge in [-0.05, 0) is 29.1 Å². The molecule has 0 aliphatic carbocycles. The fourth-order valence-electron chi connectivity index (χ4n) is 2.33. The summed E-state index contributed by atoms with van der Waals surface area (Å²) < 4.78 is 0.975. The smallest absolute Gasteiger partial charge is 0.192 e. The summed E-state index contributed by atoms with van der Waals surface area (Å²) in [4.78, 5) is 7.75. The zero-order valence-corrected chi connectivity index (χ0v) is 13.8. The van der Waals surface area contributed by atoms with Gasteiger partial charge in [-0.2, -0.15) is 0 Å². The van der Waals surface area contributed by atoms with Crippen molar-refractivity contribution >= 4 is 44.8 Å². The van der Waals surface area contributed by atoms with Gasteiger partial charge in [-0.25, -0.2) is 0 Å². The number of guanidine groups is 1. The summed E-state index contributed by atoms with van der Waals surface area (Å²) in [5.74, 6) is 0.586. The minimum absolute atomic E-state index is 0.109. The van der Waals surface area contributed by atoms with Gasteiger partial charge in [-0.1, -0.05) is 39.7 Å². The molecule has 0 radical (unpaired) electrons. The number of hydrogen-bond donors (Lipinski definition) is 1. The third kappa shape index (κ3) is 2.71. The largest absolute Gasteiger partial charge is 0.370 e. The highest BCUT2D eigenvalue weighted by Gasteiger charge is 2.29. The molecule has 20 heavy (non-hydrogen) atoms. The predicted octanol–water partition coefficient (Wildman–Crippen LogP) is 4.04. The maximum absolute atomic E-state index is 6.36. The van der Waals surface area contributed by atoms with Crippen molar-refractivity contribution in [1.29, 1.82) is 0 Å². The highest BCUT2D eigenvalue weighted by atomic mass is 79.9. The van der Waals surface area contributed by atoms with Crippen molar-refractivity contribution in [3.8, 4) is 0 Å². The first-order valence-electron chi connectivity index (χ1n) is 6.19. The number of benzene rings is 1. The third-order valence-electron chi connectivity index (χ3n) is 3.32.